The molecule has 2 amide bonds. The summed E-state index contributed by atoms with van der Waals surface area (Å²) in [5.41, 5.74) is -1.57. The number of aromatic hydroxyl groups is 1. The number of hydrogen-bond donors (Lipinski definition) is 2. The molecule has 3 heterocycles. The van der Waals surface area contributed by atoms with Gasteiger partial charge in [-0.05, 0) is 19.4 Å². The van der Waals surface area contributed by atoms with Gasteiger partial charge in [-0.1, -0.05) is 6.07 Å². The van der Waals surface area contributed by atoms with Gasteiger partial charge in [0.15, 0.2) is 17.7 Å². The van der Waals surface area contributed by atoms with Gasteiger partial charge in [-0.2, -0.15) is 0 Å². The van der Waals surface area contributed by atoms with E-state index in [4.69, 9.17) is 4.74 Å². The number of benzene rings is 1. The van der Waals surface area contributed by atoms with E-state index >= 15 is 0 Å². The minimum Gasteiger partial charge on any atom is -0.503 e. The molecular weight excluding hydrogens is 400 g/mol. The number of aromatic nitrogens is 1. The highest BCUT2D eigenvalue weighted by atomic mass is 19.1. The molecule has 2 aliphatic heterocycles. The highest BCUT2D eigenvalue weighted by Gasteiger charge is 2.41. The molecule has 8 nitrogen and oxygen atoms in total. The van der Waals surface area contributed by atoms with Gasteiger partial charge in [-0.15, -0.1) is 0 Å². The van der Waals surface area contributed by atoms with E-state index in [0.717, 1.165) is 6.07 Å². The Labute approximate surface area is 169 Å². The summed E-state index contributed by atoms with van der Waals surface area (Å²) < 4.78 is 33.7. The molecule has 10 heteroatoms. The van der Waals surface area contributed by atoms with Crippen molar-refractivity contribution in [2.24, 2.45) is 0 Å². The molecule has 2 N–H and O–H groups in total. The maximum absolute atomic E-state index is 13.8. The Balaban J connectivity index is 1.63. The molecule has 4 rings (SSSR count). The van der Waals surface area contributed by atoms with Crippen LogP contribution < -0.4 is 10.7 Å². The summed E-state index contributed by atoms with van der Waals surface area (Å²) >= 11 is 0. The lowest BCUT2D eigenvalue weighted by atomic mass is 10.1. The zero-order valence-electron chi connectivity index (χ0n) is 16.0. The van der Waals surface area contributed by atoms with Crippen molar-refractivity contribution in [2.75, 3.05) is 6.61 Å². The van der Waals surface area contributed by atoms with Crippen LogP contribution in [0.1, 0.15) is 39.8 Å². The summed E-state index contributed by atoms with van der Waals surface area (Å²) in [5, 5.41) is 12.7. The normalized spacial score (nSPS) is 20.5. The van der Waals surface area contributed by atoms with Crippen LogP contribution in [-0.2, 0) is 17.8 Å². The quantitative estimate of drug-likeness (QED) is 0.782. The monoisotopic (exact) mass is 419 g/mol. The first-order chi connectivity index (χ1) is 14.3. The second-order valence-corrected chi connectivity index (χ2v) is 7.32. The molecule has 0 saturated carbocycles. The van der Waals surface area contributed by atoms with Crippen LogP contribution >= 0.6 is 0 Å². The summed E-state index contributed by atoms with van der Waals surface area (Å²) in [7, 11) is 0. The molecule has 2 aromatic rings. The zero-order chi connectivity index (χ0) is 21.6. The number of amides is 2. The highest BCUT2D eigenvalue weighted by molar-refractivity contribution is 5.99. The molecule has 30 heavy (non-hydrogen) atoms. The topological polar surface area (TPSA) is 101 Å². The van der Waals surface area contributed by atoms with Gasteiger partial charge in [0.1, 0.15) is 17.2 Å². The minimum atomic E-state index is -1.00. The molecule has 0 bridgehead atoms. The third kappa shape index (κ3) is 3.32. The molecule has 1 fully saturated rings. The van der Waals surface area contributed by atoms with E-state index in [2.05, 4.69) is 5.32 Å². The molecule has 2 aliphatic rings. The van der Waals surface area contributed by atoms with Gasteiger partial charge in [-0.3, -0.25) is 14.4 Å². The third-order valence-corrected chi connectivity index (χ3v) is 5.38. The molecule has 0 aliphatic carbocycles. The second-order valence-electron chi connectivity index (χ2n) is 7.32. The fourth-order valence-corrected chi connectivity index (χ4v) is 3.76. The number of fused-ring (bicyclic) bond motifs is 2. The molecule has 1 aromatic heterocycles. The van der Waals surface area contributed by atoms with Gasteiger partial charge in [0.25, 0.3) is 11.8 Å². The standard InChI is InChI=1S/C20H19F2N3O5/c1-10-4-5-30-15-9-24-8-13(17(26)18(27)16(24)20(29)25(10)15)19(28)23-7-11-2-3-12(21)6-14(11)22/h2-3,6,8,10,15,27H,4-5,7,9H2,1H3,(H,23,28)/t10-,15-/m0/s1. The summed E-state index contributed by atoms with van der Waals surface area (Å²) in [4.78, 5) is 39.4. The summed E-state index contributed by atoms with van der Waals surface area (Å²) in [6.07, 6.45) is 1.25. The summed E-state index contributed by atoms with van der Waals surface area (Å²) in [5.74, 6) is -3.82. The van der Waals surface area contributed by atoms with E-state index in [1.807, 2.05) is 6.92 Å². The lowest BCUT2D eigenvalue weighted by Crippen LogP contribution is -2.57. The molecular formula is C20H19F2N3O5. The fraction of sp³-hybridized carbons (Fsp3) is 0.350. The number of carbonyl (C=O) groups excluding carboxylic acids is 2. The zero-order valence-corrected chi connectivity index (χ0v) is 16.0. The van der Waals surface area contributed by atoms with Crippen molar-refractivity contribution in [3.05, 3.63) is 63.1 Å². The fourth-order valence-electron chi connectivity index (χ4n) is 3.76. The van der Waals surface area contributed by atoms with Crippen molar-refractivity contribution in [3.8, 4) is 5.75 Å². The molecule has 0 unspecified atom stereocenters. The van der Waals surface area contributed by atoms with Crippen LogP contribution in [0.4, 0.5) is 8.78 Å². The van der Waals surface area contributed by atoms with Crippen molar-refractivity contribution in [1.29, 1.82) is 0 Å². The smallest absolute Gasteiger partial charge is 0.276 e. The van der Waals surface area contributed by atoms with Gasteiger partial charge < -0.3 is 24.6 Å². The average Bonchev–Trinajstić information content (AvgIpc) is 2.69. The van der Waals surface area contributed by atoms with Crippen molar-refractivity contribution < 1.29 is 28.2 Å². The molecule has 1 aromatic carbocycles. The highest BCUT2D eigenvalue weighted by Crippen LogP contribution is 2.29. The first kappa shape index (κ1) is 20.0. The Morgan fingerprint density at radius 1 is 1.33 bits per heavy atom. The van der Waals surface area contributed by atoms with Crippen LogP contribution in [0.25, 0.3) is 0 Å². The van der Waals surface area contributed by atoms with E-state index in [9.17, 15) is 28.3 Å². The first-order valence-electron chi connectivity index (χ1n) is 9.40. The number of ether oxygens (including phenoxy) is 1. The number of nitrogens with one attached hydrogen (secondary N) is 1. The molecule has 0 radical (unpaired) electrons. The summed E-state index contributed by atoms with van der Waals surface area (Å²) in [6.45, 7) is 2.18. The van der Waals surface area contributed by atoms with Gasteiger partial charge in [0.05, 0.1) is 13.2 Å². The Morgan fingerprint density at radius 2 is 2.10 bits per heavy atom. The summed E-state index contributed by atoms with van der Waals surface area (Å²) in [6, 6.07) is 2.79. The number of rotatable bonds is 3. The number of nitrogens with zero attached hydrogens (tertiary/aromatic N) is 2. The van der Waals surface area contributed by atoms with Crippen molar-refractivity contribution >= 4 is 11.8 Å². The van der Waals surface area contributed by atoms with E-state index in [1.54, 1.807) is 0 Å². The molecule has 2 atom stereocenters. The van der Waals surface area contributed by atoms with E-state index in [0.29, 0.717) is 19.1 Å². The maximum Gasteiger partial charge on any atom is 0.276 e. The van der Waals surface area contributed by atoms with E-state index in [-0.39, 0.29) is 30.4 Å². The number of carbonyl (C=O) groups is 2. The molecule has 1 saturated heterocycles. The number of halogens is 2. The minimum absolute atomic E-state index is 0.0300. The van der Waals surface area contributed by atoms with Crippen LogP contribution in [0.5, 0.6) is 5.75 Å². The predicted octanol–water partition coefficient (Wildman–Crippen LogP) is 1.35. The lowest BCUT2D eigenvalue weighted by Gasteiger charge is -2.44. The Bertz CT molecular complexity index is 1100. The van der Waals surface area contributed by atoms with Gasteiger partial charge in [-0.25, -0.2) is 8.78 Å². The average molecular weight is 419 g/mol. The largest absolute Gasteiger partial charge is 0.503 e. The van der Waals surface area contributed by atoms with Crippen LogP contribution in [0.3, 0.4) is 0 Å². The van der Waals surface area contributed by atoms with Gasteiger partial charge in [0.2, 0.25) is 5.43 Å². The third-order valence-electron chi connectivity index (χ3n) is 5.38. The van der Waals surface area contributed by atoms with Gasteiger partial charge in [0, 0.05) is 30.4 Å². The number of pyridine rings is 1. The van der Waals surface area contributed by atoms with Crippen LogP contribution in [-0.4, -0.2) is 45.3 Å². The predicted molar refractivity (Wildman–Crippen MR) is 99.9 cm³/mol. The van der Waals surface area contributed by atoms with Gasteiger partial charge >= 0.3 is 0 Å². The molecule has 158 valence electrons. The van der Waals surface area contributed by atoms with Crippen LogP contribution in [0.2, 0.25) is 0 Å². The van der Waals surface area contributed by atoms with E-state index in [1.165, 1.54) is 21.7 Å². The SMILES string of the molecule is C[C@H]1CCO[C@H]2Cn3cc(C(=O)NCc4ccc(F)cc4F)c(=O)c(O)c3C(=O)N21. The lowest BCUT2D eigenvalue weighted by molar-refractivity contribution is -0.112. The van der Waals surface area contributed by atoms with Crippen molar-refractivity contribution in [2.45, 2.75) is 38.7 Å². The van der Waals surface area contributed by atoms with Crippen LogP contribution in [0.15, 0.2) is 29.2 Å². The second kappa shape index (κ2) is 7.52. The Morgan fingerprint density at radius 3 is 2.83 bits per heavy atom. The number of hydrogen-bond acceptors (Lipinski definition) is 5. The van der Waals surface area contributed by atoms with Crippen molar-refractivity contribution in [1.82, 2.24) is 14.8 Å². The maximum atomic E-state index is 13.8. The van der Waals surface area contributed by atoms with Crippen molar-refractivity contribution in [3.63, 3.8) is 0 Å². The Hall–Kier alpha value is -3.27. The van der Waals surface area contributed by atoms with Crippen LogP contribution in [0, 0.1) is 11.6 Å². The first-order valence-corrected chi connectivity index (χ1v) is 9.40. The Kier molecular flexibility index (Phi) is 5.02. The molecule has 0 spiro atoms. The van der Waals surface area contributed by atoms with E-state index < -0.39 is 46.4 Å².